The molecule has 0 atom stereocenters. The van der Waals surface area contributed by atoms with Crippen LogP contribution in [-0.4, -0.2) is 22.7 Å². The Kier molecular flexibility index (Phi) is 6.77. The van der Waals surface area contributed by atoms with E-state index in [0.717, 1.165) is 5.56 Å². The molecule has 0 spiro atoms. The molecule has 22 heavy (non-hydrogen) atoms. The van der Waals surface area contributed by atoms with Gasteiger partial charge >= 0.3 is 0 Å². The maximum absolute atomic E-state index is 12.0. The minimum Gasteiger partial charge on any atom is -0.374 e. The van der Waals surface area contributed by atoms with Crippen LogP contribution in [0.3, 0.4) is 0 Å². The lowest BCUT2D eigenvalue weighted by Gasteiger charge is -2.23. The normalized spacial score (nSPS) is 11.2. The first-order valence-electron chi connectivity index (χ1n) is 7.26. The SMILES string of the molecule is CC(C)OCc1ccc(C(=O)NNC(=S)NC(C)(C)C)cc1. The molecule has 1 aromatic carbocycles. The molecule has 0 aromatic heterocycles. The van der Waals surface area contributed by atoms with Crippen molar-refractivity contribution in [3.8, 4) is 0 Å². The Balaban J connectivity index is 2.47. The number of hydrazine groups is 1. The van der Waals surface area contributed by atoms with E-state index in [-0.39, 0.29) is 17.6 Å². The van der Waals surface area contributed by atoms with Crippen molar-refractivity contribution in [3.05, 3.63) is 35.4 Å². The number of thiocarbonyl (C=S) groups is 1. The molecule has 1 aromatic rings. The zero-order valence-corrected chi connectivity index (χ0v) is 14.6. The summed E-state index contributed by atoms with van der Waals surface area (Å²) in [5.41, 5.74) is 6.68. The summed E-state index contributed by atoms with van der Waals surface area (Å²) in [5.74, 6) is -0.241. The number of carbonyl (C=O) groups is 1. The van der Waals surface area contributed by atoms with E-state index >= 15 is 0 Å². The van der Waals surface area contributed by atoms with Crippen molar-refractivity contribution in [3.63, 3.8) is 0 Å². The van der Waals surface area contributed by atoms with Gasteiger partial charge in [-0.15, -0.1) is 0 Å². The molecule has 0 aliphatic heterocycles. The average Bonchev–Trinajstić information content (AvgIpc) is 2.41. The van der Waals surface area contributed by atoms with Gasteiger partial charge in [-0.25, -0.2) is 0 Å². The molecule has 122 valence electrons. The molecule has 0 bridgehead atoms. The van der Waals surface area contributed by atoms with Gasteiger partial charge in [0.25, 0.3) is 5.91 Å². The quantitative estimate of drug-likeness (QED) is 0.587. The fourth-order valence-electron chi connectivity index (χ4n) is 1.57. The highest BCUT2D eigenvalue weighted by molar-refractivity contribution is 7.80. The Morgan fingerprint density at radius 2 is 1.77 bits per heavy atom. The van der Waals surface area contributed by atoms with Crippen LogP contribution in [0.15, 0.2) is 24.3 Å². The molecule has 0 aliphatic rings. The summed E-state index contributed by atoms with van der Waals surface area (Å²) in [5, 5.41) is 3.43. The van der Waals surface area contributed by atoms with Crippen molar-refractivity contribution >= 4 is 23.2 Å². The zero-order chi connectivity index (χ0) is 16.8. The second-order valence-corrected chi connectivity index (χ2v) is 6.75. The number of rotatable bonds is 4. The summed E-state index contributed by atoms with van der Waals surface area (Å²) in [6.07, 6.45) is 0.184. The first kappa shape index (κ1) is 18.4. The molecular formula is C16H25N3O2S. The number of hydrogen-bond acceptors (Lipinski definition) is 3. The Hall–Kier alpha value is -1.66. The molecule has 0 fully saturated rings. The van der Waals surface area contributed by atoms with Gasteiger partial charge in [0.15, 0.2) is 5.11 Å². The van der Waals surface area contributed by atoms with Gasteiger partial charge in [0, 0.05) is 11.1 Å². The van der Waals surface area contributed by atoms with E-state index in [2.05, 4.69) is 16.2 Å². The Labute approximate surface area is 137 Å². The fourth-order valence-corrected chi connectivity index (χ4v) is 1.93. The molecule has 0 heterocycles. The van der Waals surface area contributed by atoms with E-state index < -0.39 is 0 Å². The lowest BCUT2D eigenvalue weighted by molar-refractivity contribution is 0.0656. The molecule has 0 aliphatic carbocycles. The zero-order valence-electron chi connectivity index (χ0n) is 13.8. The lowest BCUT2D eigenvalue weighted by atomic mass is 10.1. The van der Waals surface area contributed by atoms with Crippen LogP contribution in [0.25, 0.3) is 0 Å². The molecule has 0 radical (unpaired) electrons. The number of carbonyl (C=O) groups excluding carboxylic acids is 1. The lowest BCUT2D eigenvalue weighted by Crippen LogP contribution is -2.52. The monoisotopic (exact) mass is 323 g/mol. The van der Waals surface area contributed by atoms with Crippen molar-refractivity contribution in [2.24, 2.45) is 0 Å². The average molecular weight is 323 g/mol. The van der Waals surface area contributed by atoms with Gasteiger partial charge in [0.2, 0.25) is 0 Å². The van der Waals surface area contributed by atoms with Crippen LogP contribution >= 0.6 is 12.2 Å². The first-order valence-corrected chi connectivity index (χ1v) is 7.67. The maximum Gasteiger partial charge on any atom is 0.269 e. The second-order valence-electron chi connectivity index (χ2n) is 6.34. The third kappa shape index (κ3) is 7.38. The van der Waals surface area contributed by atoms with E-state index in [9.17, 15) is 4.79 Å². The number of amides is 1. The van der Waals surface area contributed by atoms with E-state index in [4.69, 9.17) is 17.0 Å². The Morgan fingerprint density at radius 3 is 2.27 bits per heavy atom. The van der Waals surface area contributed by atoms with Crippen LogP contribution in [0.1, 0.15) is 50.5 Å². The molecule has 1 rings (SSSR count). The number of benzene rings is 1. The summed E-state index contributed by atoms with van der Waals surface area (Å²) < 4.78 is 5.52. The Morgan fingerprint density at radius 1 is 1.18 bits per heavy atom. The highest BCUT2D eigenvalue weighted by Crippen LogP contribution is 2.07. The van der Waals surface area contributed by atoms with Crippen LogP contribution in [0.2, 0.25) is 0 Å². The molecule has 0 saturated carbocycles. The Bertz CT molecular complexity index is 507. The van der Waals surface area contributed by atoms with E-state index in [1.54, 1.807) is 12.1 Å². The van der Waals surface area contributed by atoms with Crippen molar-refractivity contribution in [1.82, 2.24) is 16.2 Å². The van der Waals surface area contributed by atoms with E-state index in [1.165, 1.54) is 0 Å². The molecular weight excluding hydrogens is 298 g/mol. The molecule has 1 amide bonds. The van der Waals surface area contributed by atoms with Crippen LogP contribution in [-0.2, 0) is 11.3 Å². The van der Waals surface area contributed by atoms with Crippen molar-refractivity contribution < 1.29 is 9.53 Å². The van der Waals surface area contributed by atoms with Crippen LogP contribution in [0, 0.1) is 0 Å². The third-order valence-corrected chi connectivity index (χ3v) is 2.78. The number of hydrogen-bond donors (Lipinski definition) is 3. The molecule has 0 saturated heterocycles. The van der Waals surface area contributed by atoms with Crippen LogP contribution in [0.4, 0.5) is 0 Å². The highest BCUT2D eigenvalue weighted by atomic mass is 32.1. The van der Waals surface area contributed by atoms with Gasteiger partial charge in [-0.1, -0.05) is 12.1 Å². The standard InChI is InChI=1S/C16H25N3O2S/c1-11(2)21-10-12-6-8-13(9-7-12)14(20)18-19-15(22)17-16(3,4)5/h6-9,11H,10H2,1-5H3,(H,18,20)(H2,17,19,22). The van der Waals surface area contributed by atoms with Gasteiger partial charge < -0.3 is 10.1 Å². The van der Waals surface area contributed by atoms with Crippen molar-refractivity contribution in [2.75, 3.05) is 0 Å². The fraction of sp³-hybridized carbons (Fsp3) is 0.500. The summed E-state index contributed by atoms with van der Waals surface area (Å²) in [7, 11) is 0. The van der Waals surface area contributed by atoms with E-state index in [1.807, 2.05) is 46.8 Å². The van der Waals surface area contributed by atoms with E-state index in [0.29, 0.717) is 17.3 Å². The molecule has 3 N–H and O–H groups in total. The molecule has 6 heteroatoms. The summed E-state index contributed by atoms with van der Waals surface area (Å²) in [6, 6.07) is 7.28. The third-order valence-electron chi connectivity index (χ3n) is 2.58. The van der Waals surface area contributed by atoms with Gasteiger partial charge in [-0.05, 0) is 64.5 Å². The van der Waals surface area contributed by atoms with Crippen LogP contribution < -0.4 is 16.2 Å². The number of ether oxygens (including phenoxy) is 1. The van der Waals surface area contributed by atoms with Gasteiger partial charge in [-0.3, -0.25) is 15.6 Å². The summed E-state index contributed by atoms with van der Waals surface area (Å²) >= 11 is 5.10. The van der Waals surface area contributed by atoms with Gasteiger partial charge in [0.05, 0.1) is 12.7 Å². The van der Waals surface area contributed by atoms with Crippen LogP contribution in [0.5, 0.6) is 0 Å². The first-order chi connectivity index (χ1) is 10.2. The van der Waals surface area contributed by atoms with Crippen molar-refractivity contribution in [1.29, 1.82) is 0 Å². The molecule has 5 nitrogen and oxygen atoms in total. The minimum absolute atomic E-state index is 0.160. The summed E-state index contributed by atoms with van der Waals surface area (Å²) in [6.45, 7) is 10.5. The minimum atomic E-state index is -0.241. The molecule has 0 unspecified atom stereocenters. The predicted octanol–water partition coefficient (Wildman–Crippen LogP) is 2.52. The van der Waals surface area contributed by atoms with Gasteiger partial charge in [-0.2, -0.15) is 0 Å². The summed E-state index contributed by atoms with van der Waals surface area (Å²) in [4.78, 5) is 12.0. The van der Waals surface area contributed by atoms with Gasteiger partial charge in [0.1, 0.15) is 0 Å². The van der Waals surface area contributed by atoms with Crippen molar-refractivity contribution in [2.45, 2.75) is 52.9 Å². The number of nitrogens with one attached hydrogen (secondary N) is 3. The predicted molar refractivity (Wildman–Crippen MR) is 92.5 cm³/mol. The smallest absolute Gasteiger partial charge is 0.269 e. The maximum atomic E-state index is 12.0. The topological polar surface area (TPSA) is 62.4 Å². The largest absolute Gasteiger partial charge is 0.374 e. The second kappa shape index (κ2) is 8.10. The highest BCUT2D eigenvalue weighted by Gasteiger charge is 2.12.